The molecule has 2 aromatic heterocycles. The third-order valence-electron chi connectivity index (χ3n) is 3.61. The van der Waals surface area contributed by atoms with Crippen LogP contribution in [0.15, 0.2) is 23.1 Å². The molecule has 0 spiro atoms. The second-order valence-electron chi connectivity index (χ2n) is 4.87. The van der Waals surface area contributed by atoms with Gasteiger partial charge in [-0.2, -0.15) is 0 Å². The van der Waals surface area contributed by atoms with Crippen molar-refractivity contribution in [1.82, 2.24) is 14.8 Å². The highest BCUT2D eigenvalue weighted by molar-refractivity contribution is 7.18. The minimum absolute atomic E-state index is 0.0190. The van der Waals surface area contributed by atoms with Crippen molar-refractivity contribution in [2.24, 2.45) is 0 Å². The fourth-order valence-corrected chi connectivity index (χ4v) is 3.29. The van der Waals surface area contributed by atoms with Crippen molar-refractivity contribution in [1.29, 1.82) is 0 Å². The van der Waals surface area contributed by atoms with Crippen LogP contribution in [0.25, 0.3) is 10.6 Å². The molecule has 1 saturated carbocycles. The van der Waals surface area contributed by atoms with Gasteiger partial charge < -0.3 is 10.3 Å². The van der Waals surface area contributed by atoms with Gasteiger partial charge in [-0.3, -0.25) is 4.79 Å². The molecule has 0 saturated heterocycles. The van der Waals surface area contributed by atoms with Gasteiger partial charge in [0, 0.05) is 12.2 Å². The molecule has 0 aromatic carbocycles. The second kappa shape index (κ2) is 5.13. The molecule has 0 atom stereocenters. The van der Waals surface area contributed by atoms with Crippen molar-refractivity contribution in [3.8, 4) is 10.6 Å². The number of hydrogen-bond donors (Lipinski definition) is 1. The van der Waals surface area contributed by atoms with Crippen LogP contribution in [0.1, 0.15) is 38.1 Å². The van der Waals surface area contributed by atoms with E-state index in [0.717, 1.165) is 12.8 Å². The standard InChI is InChI=1S/C13H16N4OS/c14-13-16-15-11(19-13)10-7-4-8-17(12(10)18)9-5-2-1-3-6-9/h4,7-9H,1-3,5-6H2,(H2,14,16). The van der Waals surface area contributed by atoms with Crippen LogP contribution in [0.5, 0.6) is 0 Å². The SMILES string of the molecule is Nc1nnc(-c2cccn(C3CCCCC3)c2=O)s1. The number of hydrogen-bond acceptors (Lipinski definition) is 5. The number of pyridine rings is 1. The van der Waals surface area contributed by atoms with Crippen LogP contribution in [-0.2, 0) is 0 Å². The number of nitrogens with two attached hydrogens (primary N) is 1. The fraction of sp³-hybridized carbons (Fsp3) is 0.462. The highest BCUT2D eigenvalue weighted by Crippen LogP contribution is 2.28. The molecule has 5 nitrogen and oxygen atoms in total. The van der Waals surface area contributed by atoms with Gasteiger partial charge in [0.2, 0.25) is 5.13 Å². The normalized spacial score (nSPS) is 16.6. The summed E-state index contributed by atoms with van der Waals surface area (Å²) >= 11 is 1.25. The minimum atomic E-state index is 0.0190. The molecule has 6 heteroatoms. The Morgan fingerprint density at radius 1 is 1.26 bits per heavy atom. The molecule has 1 aliphatic rings. The Hall–Kier alpha value is -1.69. The first kappa shape index (κ1) is 12.3. The number of rotatable bonds is 2. The van der Waals surface area contributed by atoms with Gasteiger partial charge in [-0.1, -0.05) is 30.6 Å². The van der Waals surface area contributed by atoms with Crippen LogP contribution >= 0.6 is 11.3 Å². The zero-order valence-electron chi connectivity index (χ0n) is 10.6. The van der Waals surface area contributed by atoms with E-state index in [-0.39, 0.29) is 5.56 Å². The topological polar surface area (TPSA) is 73.8 Å². The van der Waals surface area contributed by atoms with Crippen LogP contribution in [0.2, 0.25) is 0 Å². The monoisotopic (exact) mass is 276 g/mol. The van der Waals surface area contributed by atoms with Gasteiger partial charge in [0.25, 0.3) is 5.56 Å². The third-order valence-corrected chi connectivity index (χ3v) is 4.40. The molecule has 2 aromatic rings. The second-order valence-corrected chi connectivity index (χ2v) is 5.88. The van der Waals surface area contributed by atoms with Crippen LogP contribution < -0.4 is 11.3 Å². The van der Waals surface area contributed by atoms with Crippen molar-refractivity contribution in [3.63, 3.8) is 0 Å². The Kier molecular flexibility index (Phi) is 3.33. The Morgan fingerprint density at radius 3 is 2.74 bits per heavy atom. The van der Waals surface area contributed by atoms with E-state index in [4.69, 9.17) is 5.73 Å². The van der Waals surface area contributed by atoms with Crippen molar-refractivity contribution in [3.05, 3.63) is 28.7 Å². The molecule has 0 bridgehead atoms. The molecule has 0 amide bonds. The Balaban J connectivity index is 2.01. The number of nitrogens with zero attached hydrogens (tertiary/aromatic N) is 3. The summed E-state index contributed by atoms with van der Waals surface area (Å²) in [6.45, 7) is 0. The molecule has 3 rings (SSSR count). The van der Waals surface area contributed by atoms with E-state index in [2.05, 4.69) is 10.2 Å². The predicted molar refractivity (Wildman–Crippen MR) is 76.1 cm³/mol. The molecule has 0 unspecified atom stereocenters. The first-order valence-electron chi connectivity index (χ1n) is 6.56. The van der Waals surface area contributed by atoms with E-state index in [1.54, 1.807) is 6.07 Å². The zero-order chi connectivity index (χ0) is 13.2. The number of anilines is 1. The van der Waals surface area contributed by atoms with E-state index in [0.29, 0.717) is 21.7 Å². The molecule has 0 radical (unpaired) electrons. The quantitative estimate of drug-likeness (QED) is 0.914. The Labute approximate surface area is 115 Å². The predicted octanol–water partition coefficient (Wildman–Crippen LogP) is 2.45. The summed E-state index contributed by atoms with van der Waals surface area (Å²) in [7, 11) is 0. The average Bonchev–Trinajstić information content (AvgIpc) is 2.86. The lowest BCUT2D eigenvalue weighted by atomic mass is 9.95. The largest absolute Gasteiger partial charge is 0.374 e. The molecular formula is C13H16N4OS. The first-order chi connectivity index (χ1) is 9.25. The highest BCUT2D eigenvalue weighted by atomic mass is 32.1. The molecule has 2 heterocycles. The maximum atomic E-state index is 12.5. The van der Waals surface area contributed by atoms with Gasteiger partial charge in [-0.25, -0.2) is 0 Å². The molecule has 19 heavy (non-hydrogen) atoms. The molecular weight excluding hydrogens is 260 g/mol. The minimum Gasteiger partial charge on any atom is -0.374 e. The van der Waals surface area contributed by atoms with Gasteiger partial charge >= 0.3 is 0 Å². The Morgan fingerprint density at radius 2 is 2.05 bits per heavy atom. The van der Waals surface area contributed by atoms with E-state index < -0.39 is 0 Å². The molecule has 1 aliphatic carbocycles. The summed E-state index contributed by atoms with van der Waals surface area (Å²) in [6, 6.07) is 4.02. The summed E-state index contributed by atoms with van der Waals surface area (Å²) in [5.41, 5.74) is 6.20. The van der Waals surface area contributed by atoms with Gasteiger partial charge in [0.1, 0.15) is 0 Å². The molecule has 0 aliphatic heterocycles. The van der Waals surface area contributed by atoms with E-state index in [9.17, 15) is 4.79 Å². The van der Waals surface area contributed by atoms with Crippen molar-refractivity contribution >= 4 is 16.5 Å². The summed E-state index contributed by atoms with van der Waals surface area (Å²) in [4.78, 5) is 12.5. The highest BCUT2D eigenvalue weighted by Gasteiger charge is 2.18. The smallest absolute Gasteiger partial charge is 0.261 e. The van der Waals surface area contributed by atoms with Gasteiger partial charge in [0.15, 0.2) is 5.01 Å². The van der Waals surface area contributed by atoms with E-state index in [1.807, 2.05) is 16.8 Å². The Bertz CT molecular complexity index is 628. The molecule has 100 valence electrons. The maximum Gasteiger partial charge on any atom is 0.261 e. The van der Waals surface area contributed by atoms with Gasteiger partial charge in [-0.05, 0) is 25.0 Å². The summed E-state index contributed by atoms with van der Waals surface area (Å²) < 4.78 is 1.85. The molecule has 2 N–H and O–H groups in total. The summed E-state index contributed by atoms with van der Waals surface area (Å²) in [5, 5.41) is 8.73. The zero-order valence-corrected chi connectivity index (χ0v) is 11.4. The van der Waals surface area contributed by atoms with E-state index >= 15 is 0 Å². The lowest BCUT2D eigenvalue weighted by molar-refractivity contribution is 0.346. The van der Waals surface area contributed by atoms with Crippen LogP contribution in [0.4, 0.5) is 5.13 Å². The lowest BCUT2D eigenvalue weighted by Crippen LogP contribution is -2.26. The van der Waals surface area contributed by atoms with Crippen molar-refractivity contribution in [2.75, 3.05) is 5.73 Å². The lowest BCUT2D eigenvalue weighted by Gasteiger charge is -2.24. The van der Waals surface area contributed by atoms with Crippen LogP contribution in [0.3, 0.4) is 0 Å². The van der Waals surface area contributed by atoms with Crippen LogP contribution in [0, 0.1) is 0 Å². The van der Waals surface area contributed by atoms with Crippen LogP contribution in [-0.4, -0.2) is 14.8 Å². The molecule has 1 fully saturated rings. The average molecular weight is 276 g/mol. The number of aromatic nitrogens is 3. The maximum absolute atomic E-state index is 12.5. The van der Waals surface area contributed by atoms with Gasteiger partial charge in [-0.15, -0.1) is 10.2 Å². The van der Waals surface area contributed by atoms with Crippen molar-refractivity contribution < 1.29 is 0 Å². The van der Waals surface area contributed by atoms with Gasteiger partial charge in [0.05, 0.1) is 5.56 Å². The van der Waals surface area contributed by atoms with Crippen molar-refractivity contribution in [2.45, 2.75) is 38.1 Å². The number of nitrogen functional groups attached to an aromatic ring is 1. The first-order valence-corrected chi connectivity index (χ1v) is 7.38. The third kappa shape index (κ3) is 2.40. The fourth-order valence-electron chi connectivity index (χ4n) is 2.66. The summed E-state index contributed by atoms with van der Waals surface area (Å²) in [6.07, 6.45) is 7.73. The van der Waals surface area contributed by atoms with E-state index in [1.165, 1.54) is 30.6 Å². The summed E-state index contributed by atoms with van der Waals surface area (Å²) in [5.74, 6) is 0.